The van der Waals surface area contributed by atoms with Gasteiger partial charge in [0.05, 0.1) is 6.61 Å². The van der Waals surface area contributed by atoms with Crippen molar-refractivity contribution >= 4 is 17.6 Å². The van der Waals surface area contributed by atoms with Gasteiger partial charge in [0.2, 0.25) is 0 Å². The van der Waals surface area contributed by atoms with E-state index in [2.05, 4.69) is 10.6 Å². The first-order valence-electron chi connectivity index (χ1n) is 9.85. The van der Waals surface area contributed by atoms with E-state index in [0.717, 1.165) is 11.1 Å². The van der Waals surface area contributed by atoms with E-state index < -0.39 is 35.8 Å². The van der Waals surface area contributed by atoms with Gasteiger partial charge in [-0.05, 0) is 56.2 Å². The second-order valence-electron chi connectivity index (χ2n) is 7.94. The SMILES string of the molecule is CC(C)(C)NC(=O)C(NC(=O)c1ccc(-c2ccc(OCCO)cc2)cc1)C(=O)CO. The first-order chi connectivity index (χ1) is 14.6. The number of hydrogen-bond donors (Lipinski definition) is 4. The lowest BCUT2D eigenvalue weighted by Crippen LogP contribution is -2.56. The van der Waals surface area contributed by atoms with Crippen molar-refractivity contribution in [2.24, 2.45) is 0 Å². The molecule has 8 heteroatoms. The van der Waals surface area contributed by atoms with Crippen molar-refractivity contribution in [3.63, 3.8) is 0 Å². The first kappa shape index (κ1) is 24.0. The molecule has 2 amide bonds. The lowest BCUT2D eigenvalue weighted by Gasteiger charge is -2.24. The van der Waals surface area contributed by atoms with Gasteiger partial charge in [0.1, 0.15) is 19.0 Å². The highest BCUT2D eigenvalue weighted by Gasteiger charge is 2.30. The van der Waals surface area contributed by atoms with Gasteiger partial charge in [-0.2, -0.15) is 0 Å². The van der Waals surface area contributed by atoms with Crippen molar-refractivity contribution in [3.8, 4) is 16.9 Å². The van der Waals surface area contributed by atoms with Crippen molar-refractivity contribution in [3.05, 3.63) is 54.1 Å². The van der Waals surface area contributed by atoms with Crippen molar-refractivity contribution in [1.82, 2.24) is 10.6 Å². The van der Waals surface area contributed by atoms with Crippen molar-refractivity contribution in [1.29, 1.82) is 0 Å². The van der Waals surface area contributed by atoms with Gasteiger partial charge in [-0.25, -0.2) is 0 Å². The predicted octanol–water partition coefficient (Wildman–Crippen LogP) is 1.30. The van der Waals surface area contributed by atoms with Crippen LogP contribution in [0.1, 0.15) is 31.1 Å². The molecule has 0 radical (unpaired) electrons. The molecule has 0 spiro atoms. The molecule has 4 N–H and O–H groups in total. The van der Waals surface area contributed by atoms with Gasteiger partial charge in [-0.15, -0.1) is 0 Å². The Balaban J connectivity index is 2.10. The highest BCUT2D eigenvalue weighted by molar-refractivity contribution is 6.10. The van der Waals surface area contributed by atoms with Gasteiger partial charge < -0.3 is 25.6 Å². The van der Waals surface area contributed by atoms with Crippen LogP contribution < -0.4 is 15.4 Å². The largest absolute Gasteiger partial charge is 0.491 e. The quantitative estimate of drug-likeness (QED) is 0.446. The van der Waals surface area contributed by atoms with Crippen LogP contribution >= 0.6 is 0 Å². The fourth-order valence-electron chi connectivity index (χ4n) is 2.76. The van der Waals surface area contributed by atoms with Gasteiger partial charge in [0.25, 0.3) is 11.8 Å². The average Bonchev–Trinajstić information content (AvgIpc) is 2.74. The molecule has 0 aliphatic carbocycles. The van der Waals surface area contributed by atoms with E-state index in [4.69, 9.17) is 14.9 Å². The third-order valence-electron chi connectivity index (χ3n) is 4.21. The van der Waals surface area contributed by atoms with Crippen molar-refractivity contribution in [2.45, 2.75) is 32.4 Å². The summed E-state index contributed by atoms with van der Waals surface area (Å²) in [7, 11) is 0. The third kappa shape index (κ3) is 7.20. The molecule has 0 bridgehead atoms. The number of aliphatic hydroxyl groups excluding tert-OH is 2. The summed E-state index contributed by atoms with van der Waals surface area (Å²) in [5, 5.41) is 23.0. The van der Waals surface area contributed by atoms with Crippen LogP contribution in [-0.4, -0.2) is 59.2 Å². The maximum atomic E-state index is 12.6. The minimum atomic E-state index is -1.48. The van der Waals surface area contributed by atoms with Gasteiger partial charge >= 0.3 is 0 Å². The molecule has 166 valence electrons. The van der Waals surface area contributed by atoms with E-state index >= 15 is 0 Å². The van der Waals surface area contributed by atoms with E-state index in [1.54, 1.807) is 57.2 Å². The van der Waals surface area contributed by atoms with Crippen molar-refractivity contribution in [2.75, 3.05) is 19.8 Å². The molecule has 1 unspecified atom stereocenters. The van der Waals surface area contributed by atoms with E-state index in [1.165, 1.54) is 0 Å². The molecule has 0 aliphatic heterocycles. The lowest BCUT2D eigenvalue weighted by molar-refractivity contribution is -0.133. The Hall–Kier alpha value is -3.23. The molecule has 0 heterocycles. The van der Waals surface area contributed by atoms with Gasteiger partial charge in [0, 0.05) is 11.1 Å². The normalized spacial score (nSPS) is 12.0. The maximum absolute atomic E-state index is 12.6. The molecule has 0 fully saturated rings. The molecule has 1 atom stereocenters. The third-order valence-corrected chi connectivity index (χ3v) is 4.21. The number of rotatable bonds is 9. The Morgan fingerprint density at radius 3 is 1.97 bits per heavy atom. The average molecular weight is 428 g/mol. The number of aliphatic hydroxyl groups is 2. The van der Waals surface area contributed by atoms with Crippen LogP contribution in [0.2, 0.25) is 0 Å². The number of ketones is 1. The fourth-order valence-corrected chi connectivity index (χ4v) is 2.76. The predicted molar refractivity (Wildman–Crippen MR) is 116 cm³/mol. The minimum absolute atomic E-state index is 0.0616. The van der Waals surface area contributed by atoms with E-state index in [-0.39, 0.29) is 18.8 Å². The van der Waals surface area contributed by atoms with Crippen LogP contribution in [0.3, 0.4) is 0 Å². The van der Waals surface area contributed by atoms with Gasteiger partial charge in [-0.3, -0.25) is 14.4 Å². The molecule has 0 aliphatic rings. The highest BCUT2D eigenvalue weighted by atomic mass is 16.5. The zero-order chi connectivity index (χ0) is 23.0. The van der Waals surface area contributed by atoms with Crippen LogP contribution in [0.15, 0.2) is 48.5 Å². The summed E-state index contributed by atoms with van der Waals surface area (Å²) < 4.78 is 5.33. The van der Waals surface area contributed by atoms with Gasteiger partial charge in [0.15, 0.2) is 11.8 Å². The van der Waals surface area contributed by atoms with Crippen LogP contribution in [-0.2, 0) is 9.59 Å². The Kier molecular flexibility index (Phi) is 8.30. The molecular formula is C23H28N2O6. The molecule has 0 aromatic heterocycles. The Bertz CT molecular complexity index is 901. The summed E-state index contributed by atoms with van der Waals surface area (Å²) in [5.74, 6) is -1.44. The number of Topliss-reactive ketones (excluding diaryl/α,β-unsaturated/α-hetero) is 1. The molecule has 2 aromatic rings. The van der Waals surface area contributed by atoms with Gasteiger partial charge in [-0.1, -0.05) is 24.3 Å². The number of benzene rings is 2. The zero-order valence-electron chi connectivity index (χ0n) is 17.8. The Morgan fingerprint density at radius 1 is 0.935 bits per heavy atom. The fraction of sp³-hybridized carbons (Fsp3) is 0.348. The summed E-state index contributed by atoms with van der Waals surface area (Å²) >= 11 is 0. The minimum Gasteiger partial charge on any atom is -0.491 e. The molecule has 0 saturated carbocycles. The number of amides is 2. The number of nitrogens with one attached hydrogen (secondary N) is 2. The van der Waals surface area contributed by atoms with E-state index in [9.17, 15) is 14.4 Å². The van der Waals surface area contributed by atoms with Crippen molar-refractivity contribution < 1.29 is 29.3 Å². The lowest BCUT2D eigenvalue weighted by atomic mass is 10.0. The summed E-state index contributed by atoms with van der Waals surface area (Å²) in [6.07, 6.45) is 0. The Morgan fingerprint density at radius 2 is 1.48 bits per heavy atom. The first-order valence-corrected chi connectivity index (χ1v) is 9.85. The monoisotopic (exact) mass is 428 g/mol. The van der Waals surface area contributed by atoms with E-state index in [1.807, 2.05) is 12.1 Å². The van der Waals surface area contributed by atoms with Crippen LogP contribution in [0.4, 0.5) is 0 Å². The molecule has 31 heavy (non-hydrogen) atoms. The second-order valence-corrected chi connectivity index (χ2v) is 7.94. The number of hydrogen-bond acceptors (Lipinski definition) is 6. The highest BCUT2D eigenvalue weighted by Crippen LogP contribution is 2.23. The molecule has 2 aromatic carbocycles. The maximum Gasteiger partial charge on any atom is 0.252 e. The van der Waals surface area contributed by atoms with E-state index in [0.29, 0.717) is 5.75 Å². The summed E-state index contributed by atoms with van der Waals surface area (Å²) in [4.78, 5) is 36.9. The number of carbonyl (C=O) groups is 3. The molecule has 0 saturated heterocycles. The number of carbonyl (C=O) groups excluding carboxylic acids is 3. The smallest absolute Gasteiger partial charge is 0.252 e. The number of ether oxygens (including phenoxy) is 1. The summed E-state index contributed by atoms with van der Waals surface area (Å²) in [6.45, 7) is 4.54. The molecule has 2 rings (SSSR count). The molecular weight excluding hydrogens is 400 g/mol. The summed E-state index contributed by atoms with van der Waals surface area (Å²) in [5.41, 5.74) is 1.43. The van der Waals surface area contributed by atoms with Crippen LogP contribution in [0.5, 0.6) is 5.75 Å². The standard InChI is InChI=1S/C23H28N2O6/c1-23(2,3)25-22(30)20(19(28)14-27)24-21(29)17-6-4-15(5-7-17)16-8-10-18(11-9-16)31-13-12-26/h4-11,20,26-27H,12-14H2,1-3H3,(H,24,29)(H,25,30). The Labute approximate surface area is 181 Å². The molecule has 8 nitrogen and oxygen atoms in total. The zero-order valence-corrected chi connectivity index (χ0v) is 17.8. The van der Waals surface area contributed by atoms with Crippen LogP contribution in [0, 0.1) is 0 Å². The van der Waals surface area contributed by atoms with Crippen LogP contribution in [0.25, 0.3) is 11.1 Å². The summed E-state index contributed by atoms with van der Waals surface area (Å²) in [6, 6.07) is 12.5. The topological polar surface area (TPSA) is 125 Å². The second kappa shape index (κ2) is 10.7.